The first kappa shape index (κ1) is 15.1. The van der Waals surface area contributed by atoms with Crippen LogP contribution in [0.5, 0.6) is 0 Å². The summed E-state index contributed by atoms with van der Waals surface area (Å²) in [6, 6.07) is 4.98. The Kier molecular flexibility index (Phi) is 7.27. The lowest BCUT2D eigenvalue weighted by Gasteiger charge is -2.21. The van der Waals surface area contributed by atoms with Gasteiger partial charge in [0.2, 0.25) is 0 Å². The fraction of sp³-hybridized carbons (Fsp3) is 0.500. The van der Waals surface area contributed by atoms with Crippen molar-refractivity contribution in [1.82, 2.24) is 4.90 Å². The maximum absolute atomic E-state index is 13.2. The highest BCUT2D eigenvalue weighted by Gasteiger charge is 2.07. The molecule has 0 spiro atoms. The molecule has 0 N–H and O–H groups in total. The minimum atomic E-state index is -0.208. The molecule has 0 fully saturated rings. The third-order valence-electron chi connectivity index (χ3n) is 2.34. The van der Waals surface area contributed by atoms with Gasteiger partial charge in [-0.3, -0.25) is 4.90 Å². The van der Waals surface area contributed by atoms with Gasteiger partial charge in [-0.05, 0) is 23.8 Å². The Hall–Kier alpha value is 0.0300. The van der Waals surface area contributed by atoms with Crippen LogP contribution in [0.15, 0.2) is 22.7 Å². The summed E-state index contributed by atoms with van der Waals surface area (Å²) < 4.78 is 19.1. The zero-order valence-electron chi connectivity index (χ0n) is 9.76. The first-order valence-electron chi connectivity index (χ1n) is 5.38. The smallest absolute Gasteiger partial charge is 0.124 e. The SMILES string of the molecule is COCCN(CCBr)Cc1cc(F)cc(Br)c1. The molecule has 0 aliphatic carbocycles. The molecule has 1 aromatic rings. The van der Waals surface area contributed by atoms with E-state index in [1.165, 1.54) is 6.07 Å². The number of methoxy groups -OCH3 is 1. The van der Waals surface area contributed by atoms with Gasteiger partial charge in [-0.1, -0.05) is 31.9 Å². The highest BCUT2D eigenvalue weighted by Crippen LogP contribution is 2.16. The molecule has 0 unspecified atom stereocenters. The van der Waals surface area contributed by atoms with Gasteiger partial charge in [-0.2, -0.15) is 0 Å². The fourth-order valence-corrected chi connectivity index (χ4v) is 2.58. The van der Waals surface area contributed by atoms with E-state index in [1.807, 2.05) is 6.07 Å². The van der Waals surface area contributed by atoms with Crippen molar-refractivity contribution in [3.63, 3.8) is 0 Å². The molecular formula is C12H16Br2FNO. The lowest BCUT2D eigenvalue weighted by molar-refractivity contribution is 0.148. The molecule has 17 heavy (non-hydrogen) atoms. The monoisotopic (exact) mass is 367 g/mol. The Morgan fingerprint density at radius 3 is 2.65 bits per heavy atom. The average Bonchev–Trinajstić information content (AvgIpc) is 2.24. The molecule has 1 aromatic carbocycles. The van der Waals surface area contributed by atoms with Crippen molar-refractivity contribution in [2.24, 2.45) is 0 Å². The van der Waals surface area contributed by atoms with E-state index in [-0.39, 0.29) is 5.82 Å². The van der Waals surface area contributed by atoms with Crippen molar-refractivity contribution >= 4 is 31.9 Å². The molecule has 0 saturated heterocycles. The van der Waals surface area contributed by atoms with Crippen molar-refractivity contribution in [3.8, 4) is 0 Å². The predicted octanol–water partition coefficient (Wildman–Crippen LogP) is 3.43. The minimum absolute atomic E-state index is 0.208. The number of rotatable bonds is 7. The molecule has 0 atom stereocenters. The van der Waals surface area contributed by atoms with Gasteiger partial charge in [-0.25, -0.2) is 4.39 Å². The van der Waals surface area contributed by atoms with E-state index in [0.29, 0.717) is 6.61 Å². The van der Waals surface area contributed by atoms with Crippen LogP contribution in [0.2, 0.25) is 0 Å². The van der Waals surface area contributed by atoms with Crippen LogP contribution >= 0.6 is 31.9 Å². The predicted molar refractivity (Wildman–Crippen MR) is 75.0 cm³/mol. The third-order valence-corrected chi connectivity index (χ3v) is 3.15. The molecular weight excluding hydrogens is 353 g/mol. The van der Waals surface area contributed by atoms with Crippen molar-refractivity contribution in [3.05, 3.63) is 34.1 Å². The second kappa shape index (κ2) is 8.19. The first-order valence-corrected chi connectivity index (χ1v) is 7.29. The van der Waals surface area contributed by atoms with Gasteiger partial charge in [0.15, 0.2) is 0 Å². The lowest BCUT2D eigenvalue weighted by atomic mass is 10.2. The zero-order chi connectivity index (χ0) is 12.7. The Morgan fingerprint density at radius 2 is 2.06 bits per heavy atom. The van der Waals surface area contributed by atoms with Crippen molar-refractivity contribution < 1.29 is 9.13 Å². The largest absolute Gasteiger partial charge is 0.383 e. The number of ether oxygens (including phenoxy) is 1. The van der Waals surface area contributed by atoms with Gasteiger partial charge in [0.25, 0.3) is 0 Å². The zero-order valence-corrected chi connectivity index (χ0v) is 12.9. The average molecular weight is 369 g/mol. The van der Waals surface area contributed by atoms with Crippen LogP contribution in [0.3, 0.4) is 0 Å². The van der Waals surface area contributed by atoms with Crippen LogP contribution in [0.4, 0.5) is 4.39 Å². The number of hydrogen-bond donors (Lipinski definition) is 0. The molecule has 0 radical (unpaired) electrons. The summed E-state index contributed by atoms with van der Waals surface area (Å²) in [5.41, 5.74) is 0.967. The number of benzene rings is 1. The van der Waals surface area contributed by atoms with Gasteiger partial charge < -0.3 is 4.74 Å². The minimum Gasteiger partial charge on any atom is -0.383 e. The van der Waals surface area contributed by atoms with Crippen LogP contribution in [0.1, 0.15) is 5.56 Å². The molecule has 96 valence electrons. The molecule has 1 rings (SSSR count). The van der Waals surface area contributed by atoms with Gasteiger partial charge in [-0.15, -0.1) is 0 Å². The van der Waals surface area contributed by atoms with E-state index >= 15 is 0 Å². The normalized spacial score (nSPS) is 11.1. The summed E-state index contributed by atoms with van der Waals surface area (Å²) in [6.45, 7) is 3.17. The topological polar surface area (TPSA) is 12.5 Å². The van der Waals surface area contributed by atoms with Crippen molar-refractivity contribution in [2.75, 3.05) is 32.1 Å². The van der Waals surface area contributed by atoms with Gasteiger partial charge in [0.05, 0.1) is 6.61 Å². The maximum Gasteiger partial charge on any atom is 0.124 e. The van der Waals surface area contributed by atoms with Crippen LogP contribution in [-0.2, 0) is 11.3 Å². The van der Waals surface area contributed by atoms with E-state index in [1.54, 1.807) is 13.2 Å². The molecule has 0 saturated carbocycles. The summed E-state index contributed by atoms with van der Waals surface area (Å²) in [7, 11) is 1.69. The number of hydrogen-bond acceptors (Lipinski definition) is 2. The van der Waals surface area contributed by atoms with Crippen LogP contribution < -0.4 is 0 Å². The van der Waals surface area contributed by atoms with Crippen LogP contribution in [-0.4, -0.2) is 37.0 Å². The summed E-state index contributed by atoms with van der Waals surface area (Å²) in [6.07, 6.45) is 0. The molecule has 0 aliphatic rings. The Labute approximate surface area is 118 Å². The highest BCUT2D eigenvalue weighted by molar-refractivity contribution is 9.10. The van der Waals surface area contributed by atoms with Crippen molar-refractivity contribution in [2.45, 2.75) is 6.54 Å². The summed E-state index contributed by atoms with van der Waals surface area (Å²) >= 11 is 6.72. The Bertz CT molecular complexity index is 329. The number of alkyl halides is 1. The second-order valence-electron chi connectivity index (χ2n) is 3.74. The molecule has 0 aliphatic heterocycles. The molecule has 0 aromatic heterocycles. The van der Waals surface area contributed by atoms with Gasteiger partial charge >= 0.3 is 0 Å². The maximum atomic E-state index is 13.2. The highest BCUT2D eigenvalue weighted by atomic mass is 79.9. The van der Waals surface area contributed by atoms with E-state index in [0.717, 1.165) is 35.0 Å². The Balaban J connectivity index is 2.63. The van der Waals surface area contributed by atoms with Gasteiger partial charge in [0.1, 0.15) is 5.82 Å². The summed E-state index contributed by atoms with van der Waals surface area (Å²) in [4.78, 5) is 2.22. The molecule has 0 bridgehead atoms. The Morgan fingerprint density at radius 1 is 1.29 bits per heavy atom. The van der Waals surface area contributed by atoms with E-state index in [2.05, 4.69) is 36.8 Å². The summed E-state index contributed by atoms with van der Waals surface area (Å²) in [5, 5.41) is 0.896. The summed E-state index contributed by atoms with van der Waals surface area (Å²) in [5.74, 6) is -0.208. The van der Waals surface area contributed by atoms with Crippen molar-refractivity contribution in [1.29, 1.82) is 0 Å². The van der Waals surface area contributed by atoms with E-state index in [4.69, 9.17) is 4.74 Å². The second-order valence-corrected chi connectivity index (χ2v) is 5.44. The first-order chi connectivity index (χ1) is 8.15. The van der Waals surface area contributed by atoms with Crippen LogP contribution in [0, 0.1) is 5.82 Å². The standard InChI is InChI=1S/C12H16Br2FNO/c1-17-5-4-16(3-2-13)9-10-6-11(14)8-12(15)7-10/h6-8H,2-5,9H2,1H3. The lowest BCUT2D eigenvalue weighted by Crippen LogP contribution is -2.28. The number of nitrogens with zero attached hydrogens (tertiary/aromatic N) is 1. The van der Waals surface area contributed by atoms with Crippen LogP contribution in [0.25, 0.3) is 0 Å². The number of halogens is 3. The molecule has 0 amide bonds. The fourth-order valence-electron chi connectivity index (χ4n) is 1.57. The van der Waals surface area contributed by atoms with E-state index in [9.17, 15) is 4.39 Å². The molecule has 2 nitrogen and oxygen atoms in total. The molecule has 5 heteroatoms. The van der Waals surface area contributed by atoms with Gasteiger partial charge in [0, 0.05) is 36.5 Å². The molecule has 0 heterocycles. The van der Waals surface area contributed by atoms with E-state index < -0.39 is 0 Å². The quantitative estimate of drug-likeness (QED) is 0.683. The third kappa shape index (κ3) is 5.95.